The molecule has 42 heavy (non-hydrogen) atoms. The van der Waals surface area contributed by atoms with Gasteiger partial charge >= 0.3 is 0 Å². The maximum Gasteiger partial charge on any atom is -0.0132 e. The van der Waals surface area contributed by atoms with Crippen LogP contribution in [0.4, 0.5) is 0 Å². The molecule has 0 saturated carbocycles. The van der Waals surface area contributed by atoms with E-state index in [9.17, 15) is 0 Å². The molecular weight excluding hydrogens is 504 g/mol. The highest BCUT2D eigenvalue weighted by Gasteiger charge is 2.12. The van der Waals surface area contributed by atoms with E-state index in [2.05, 4.69) is 197 Å². The van der Waals surface area contributed by atoms with Crippen LogP contribution in [0.15, 0.2) is 140 Å². The number of rotatable bonds is 0. The lowest BCUT2D eigenvalue weighted by Gasteiger charge is -2.18. The van der Waals surface area contributed by atoms with E-state index in [1.54, 1.807) is 0 Å². The predicted octanol–water partition coefficient (Wildman–Crippen LogP) is 12.9. The molecule has 0 aromatic heterocycles. The van der Waals surface area contributed by atoms with Crippen molar-refractivity contribution in [2.45, 2.75) is 87.0 Å². The zero-order chi connectivity index (χ0) is 31.7. The number of aryl methyl sites for hydroxylation is 1. The Morgan fingerprint density at radius 1 is 0.310 bits per heavy atom. The molecule has 5 aromatic rings. The van der Waals surface area contributed by atoms with Gasteiger partial charge in [-0.2, -0.15) is 0 Å². The fourth-order valence-corrected chi connectivity index (χ4v) is 3.54. The molecule has 0 aliphatic heterocycles. The van der Waals surface area contributed by atoms with Gasteiger partial charge in [-0.05, 0) is 45.1 Å². The molecule has 0 amide bonds. The first kappa shape index (κ1) is 36.4. The highest BCUT2D eigenvalue weighted by atomic mass is 14.2. The number of hydrogen-bond acceptors (Lipinski definition) is 0. The van der Waals surface area contributed by atoms with E-state index < -0.39 is 0 Å². The molecule has 0 saturated heterocycles. The summed E-state index contributed by atoms with van der Waals surface area (Å²) < 4.78 is 0. The lowest BCUT2D eigenvalue weighted by molar-refractivity contribution is 0.469. The van der Waals surface area contributed by atoms with Crippen molar-refractivity contribution in [1.29, 1.82) is 0 Å². The van der Waals surface area contributed by atoms with Gasteiger partial charge in [0, 0.05) is 0 Å². The lowest BCUT2D eigenvalue weighted by Crippen LogP contribution is -2.10. The van der Waals surface area contributed by atoms with E-state index in [0.717, 1.165) is 0 Å². The van der Waals surface area contributed by atoms with Gasteiger partial charge in [0.15, 0.2) is 0 Å². The summed E-state index contributed by atoms with van der Waals surface area (Å²) in [5.74, 6) is 0. The summed E-state index contributed by atoms with van der Waals surface area (Å²) >= 11 is 0. The third-order valence-electron chi connectivity index (χ3n) is 5.88. The Morgan fingerprint density at radius 2 is 0.524 bits per heavy atom. The molecule has 0 nitrogen and oxygen atoms in total. The first-order chi connectivity index (χ1) is 19.6. The monoisotopic (exact) mass is 560 g/mol. The Balaban J connectivity index is 0.000000268. The molecule has 0 spiro atoms. The summed E-state index contributed by atoms with van der Waals surface area (Å²) in [4.78, 5) is 0. The van der Waals surface area contributed by atoms with E-state index in [-0.39, 0.29) is 0 Å². The quantitative estimate of drug-likeness (QED) is 0.177. The van der Waals surface area contributed by atoms with Gasteiger partial charge in [0.05, 0.1) is 0 Å². The molecule has 0 unspecified atom stereocenters. The van der Waals surface area contributed by atoms with E-state index in [1.165, 1.54) is 27.5 Å². The summed E-state index contributed by atoms with van der Waals surface area (Å²) in [6, 6.07) is 48.1. The molecule has 0 N–H and O–H groups in total. The van der Waals surface area contributed by atoms with Crippen LogP contribution in [-0.2, 0) is 10.8 Å². The summed E-state index contributed by atoms with van der Waals surface area (Å²) in [6.45, 7) is 24.2. The van der Waals surface area contributed by atoms with Gasteiger partial charge in [-0.3, -0.25) is 0 Å². The minimum absolute atomic E-state index is 0.293. The zero-order valence-corrected chi connectivity index (χ0v) is 28.3. The second kappa shape index (κ2) is 18.0. The third-order valence-corrected chi connectivity index (χ3v) is 5.88. The molecule has 0 aliphatic carbocycles. The van der Waals surface area contributed by atoms with Crippen LogP contribution in [0.3, 0.4) is 0 Å². The summed E-state index contributed by atoms with van der Waals surface area (Å²) in [6.07, 6.45) is 0. The normalized spacial score (nSPS) is 10.7. The van der Waals surface area contributed by atoms with Crippen molar-refractivity contribution >= 4 is 10.8 Å². The van der Waals surface area contributed by atoms with Crippen molar-refractivity contribution < 1.29 is 0 Å². The van der Waals surface area contributed by atoms with Crippen molar-refractivity contribution in [3.63, 3.8) is 0 Å². The molecule has 0 heteroatoms. The molecule has 0 heterocycles. The Bertz CT molecular complexity index is 1220. The maximum absolute atomic E-state index is 2.22. The minimum Gasteiger partial charge on any atom is -0.0622 e. The van der Waals surface area contributed by atoms with Crippen LogP contribution in [0.25, 0.3) is 10.8 Å². The average molecular weight is 561 g/mol. The Kier molecular flexibility index (Phi) is 15.6. The molecule has 0 fully saturated rings. The molecule has 0 radical (unpaired) electrons. The van der Waals surface area contributed by atoms with Crippen LogP contribution in [-0.4, -0.2) is 0 Å². The van der Waals surface area contributed by atoms with E-state index in [1.807, 2.05) is 18.2 Å². The highest BCUT2D eigenvalue weighted by Crippen LogP contribution is 2.21. The maximum atomic E-state index is 2.22. The molecule has 5 aromatic carbocycles. The second-order valence-electron chi connectivity index (χ2n) is 14.2. The minimum atomic E-state index is 0.293. The fraction of sp³-hybridized carbons (Fsp3) is 0.333. The van der Waals surface area contributed by atoms with Crippen LogP contribution in [0.1, 0.15) is 85.9 Å². The van der Waals surface area contributed by atoms with Crippen molar-refractivity contribution in [2.24, 2.45) is 5.41 Å². The summed E-state index contributed by atoms with van der Waals surface area (Å²) in [7, 11) is 0. The first-order valence-electron chi connectivity index (χ1n) is 15.1. The predicted molar refractivity (Wildman–Crippen MR) is 191 cm³/mol. The van der Waals surface area contributed by atoms with Gasteiger partial charge < -0.3 is 0 Å². The van der Waals surface area contributed by atoms with Gasteiger partial charge in [-0.15, -0.1) is 0 Å². The van der Waals surface area contributed by atoms with Gasteiger partial charge in [0.2, 0.25) is 0 Å². The molecule has 224 valence electrons. The SMILES string of the molecule is CC(C)(C)C.CC(C)(C)c1ccccc1.CC(C)(C)c1ccccc1.Cc1ccccc1.c1ccc2ccccc2c1. The number of benzene rings is 5. The Labute approximate surface area is 258 Å². The second-order valence-corrected chi connectivity index (χ2v) is 14.2. The molecular formula is C42H56. The molecule has 0 bridgehead atoms. The van der Waals surface area contributed by atoms with E-state index in [0.29, 0.717) is 16.2 Å². The lowest BCUT2D eigenvalue weighted by atomic mass is 9.87. The Hall–Kier alpha value is -3.64. The van der Waals surface area contributed by atoms with Crippen molar-refractivity contribution in [3.05, 3.63) is 156 Å². The first-order valence-corrected chi connectivity index (χ1v) is 15.1. The van der Waals surface area contributed by atoms with Crippen LogP contribution in [0, 0.1) is 12.3 Å². The number of fused-ring (bicyclic) bond motifs is 1. The smallest absolute Gasteiger partial charge is 0.0132 e. The van der Waals surface area contributed by atoms with Gasteiger partial charge in [0.1, 0.15) is 0 Å². The van der Waals surface area contributed by atoms with Gasteiger partial charge in [-0.1, -0.05) is 214 Å². The van der Waals surface area contributed by atoms with Crippen molar-refractivity contribution in [2.75, 3.05) is 0 Å². The van der Waals surface area contributed by atoms with Gasteiger partial charge in [-0.25, -0.2) is 0 Å². The standard InChI is InChI=1S/C10H8.2C10H14.C7H8.C5H12/c1-2-6-10-8-4-3-7-9(10)5-1;2*1-10(2,3)9-7-5-4-6-8-9;1-7-5-3-2-4-6-7;1-5(2,3)4/h1-8H;2*4-8H,1-3H3;2-6H,1H3;1-4H3. The third kappa shape index (κ3) is 17.9. The average Bonchev–Trinajstić information content (AvgIpc) is 2.94. The number of hydrogen-bond donors (Lipinski definition) is 0. The van der Waals surface area contributed by atoms with Crippen LogP contribution in [0.2, 0.25) is 0 Å². The summed E-state index contributed by atoms with van der Waals surface area (Å²) in [5.41, 5.74) is 5.20. The van der Waals surface area contributed by atoms with Gasteiger partial charge in [0.25, 0.3) is 0 Å². The fourth-order valence-electron chi connectivity index (χ4n) is 3.54. The zero-order valence-electron chi connectivity index (χ0n) is 28.3. The van der Waals surface area contributed by atoms with E-state index in [4.69, 9.17) is 0 Å². The molecule has 5 rings (SSSR count). The van der Waals surface area contributed by atoms with Crippen LogP contribution >= 0.6 is 0 Å². The van der Waals surface area contributed by atoms with Crippen LogP contribution in [0.5, 0.6) is 0 Å². The van der Waals surface area contributed by atoms with E-state index >= 15 is 0 Å². The largest absolute Gasteiger partial charge is 0.0622 e. The summed E-state index contributed by atoms with van der Waals surface area (Å²) in [5, 5.41) is 2.62. The van der Waals surface area contributed by atoms with Crippen LogP contribution < -0.4 is 0 Å². The topological polar surface area (TPSA) is 0 Å². The van der Waals surface area contributed by atoms with Crippen molar-refractivity contribution in [3.8, 4) is 0 Å². The van der Waals surface area contributed by atoms with Crippen molar-refractivity contribution in [1.82, 2.24) is 0 Å². The molecule has 0 atom stereocenters. The Morgan fingerprint density at radius 3 is 0.690 bits per heavy atom. The molecule has 0 aliphatic rings. The highest BCUT2D eigenvalue weighted by molar-refractivity contribution is 5.82.